The number of likely N-dealkylation sites (tertiary alicyclic amines) is 1. The Balaban J connectivity index is 2.11. The fourth-order valence-corrected chi connectivity index (χ4v) is 2.58. The number of aromatic nitrogens is 1. The summed E-state index contributed by atoms with van der Waals surface area (Å²) in [6.45, 7) is 4.61. The molecule has 1 fully saturated rings. The van der Waals surface area contributed by atoms with E-state index in [0.29, 0.717) is 18.8 Å². The second kappa shape index (κ2) is 5.61. The minimum atomic E-state index is -0.816. The second-order valence-electron chi connectivity index (χ2n) is 5.83. The Morgan fingerprint density at radius 2 is 2.15 bits per heavy atom. The molecule has 0 aliphatic carbocycles. The lowest BCUT2D eigenvalue weighted by Gasteiger charge is -2.39. The molecule has 1 atom stereocenters. The van der Waals surface area contributed by atoms with Crippen LogP contribution in [-0.2, 0) is 4.79 Å². The van der Waals surface area contributed by atoms with Gasteiger partial charge in [-0.3, -0.25) is 14.6 Å². The summed E-state index contributed by atoms with van der Waals surface area (Å²) in [5.74, 6) is -0.951. The highest BCUT2D eigenvalue weighted by molar-refractivity contribution is 5.92. The van der Waals surface area contributed by atoms with Crippen LogP contribution < -0.4 is 0 Å². The topological polar surface area (TPSA) is 70.5 Å². The number of carbonyl (C=O) groups is 2. The maximum atomic E-state index is 12.4. The molecule has 1 amide bonds. The molecule has 108 valence electrons. The van der Waals surface area contributed by atoms with Crippen molar-refractivity contribution >= 4 is 11.9 Å². The molecule has 2 heterocycles. The number of piperidine rings is 1. The Bertz CT molecular complexity index is 499. The van der Waals surface area contributed by atoms with Gasteiger partial charge in [0, 0.05) is 19.3 Å². The monoisotopic (exact) mass is 276 g/mol. The van der Waals surface area contributed by atoms with Crippen molar-refractivity contribution in [2.75, 3.05) is 13.1 Å². The first-order valence-electron chi connectivity index (χ1n) is 6.86. The summed E-state index contributed by atoms with van der Waals surface area (Å²) in [5.41, 5.74) is -0.399. The fourth-order valence-electron chi connectivity index (χ4n) is 2.58. The molecule has 5 heteroatoms. The summed E-state index contributed by atoms with van der Waals surface area (Å²) in [7, 11) is 0. The average molecular weight is 276 g/mol. The Morgan fingerprint density at radius 3 is 2.75 bits per heavy atom. The van der Waals surface area contributed by atoms with Gasteiger partial charge in [0.05, 0.1) is 5.41 Å². The van der Waals surface area contributed by atoms with Crippen LogP contribution in [0.15, 0.2) is 24.4 Å². The normalized spacial score (nSPS) is 19.7. The van der Waals surface area contributed by atoms with Crippen molar-refractivity contribution in [3.8, 4) is 0 Å². The standard InChI is InChI=1S/C15H20N2O3/c1-15(2,14(19)20)11-6-5-9-17(10-11)13(18)12-7-3-4-8-16-12/h3-4,7-8,11H,5-6,9-10H2,1-2H3,(H,19,20). The number of carboxylic acids is 1. The van der Waals surface area contributed by atoms with E-state index in [1.807, 2.05) is 0 Å². The lowest BCUT2D eigenvalue weighted by Crippen LogP contribution is -2.47. The average Bonchev–Trinajstić information content (AvgIpc) is 2.47. The highest BCUT2D eigenvalue weighted by Crippen LogP contribution is 2.34. The third-order valence-electron chi connectivity index (χ3n) is 4.16. The molecule has 0 radical (unpaired) electrons. The number of nitrogens with zero attached hydrogens (tertiary/aromatic N) is 2. The molecule has 0 spiro atoms. The van der Waals surface area contributed by atoms with Gasteiger partial charge in [0.25, 0.3) is 5.91 Å². The van der Waals surface area contributed by atoms with Gasteiger partial charge in [-0.25, -0.2) is 0 Å². The van der Waals surface area contributed by atoms with Gasteiger partial charge in [-0.2, -0.15) is 0 Å². The van der Waals surface area contributed by atoms with E-state index in [1.54, 1.807) is 43.1 Å². The van der Waals surface area contributed by atoms with Crippen LogP contribution >= 0.6 is 0 Å². The van der Waals surface area contributed by atoms with E-state index in [1.165, 1.54) is 0 Å². The molecule has 1 aliphatic rings. The smallest absolute Gasteiger partial charge is 0.309 e. The maximum Gasteiger partial charge on any atom is 0.309 e. The number of hydrogen-bond donors (Lipinski definition) is 1. The number of pyridine rings is 1. The third-order valence-corrected chi connectivity index (χ3v) is 4.16. The van der Waals surface area contributed by atoms with Crippen LogP contribution in [0.25, 0.3) is 0 Å². The van der Waals surface area contributed by atoms with Gasteiger partial charge in [0.1, 0.15) is 5.69 Å². The summed E-state index contributed by atoms with van der Waals surface area (Å²) in [6.07, 6.45) is 3.26. The highest BCUT2D eigenvalue weighted by Gasteiger charge is 2.40. The van der Waals surface area contributed by atoms with E-state index in [4.69, 9.17) is 0 Å². The minimum absolute atomic E-state index is 0.0265. The second-order valence-corrected chi connectivity index (χ2v) is 5.83. The molecule has 1 saturated heterocycles. The number of aliphatic carboxylic acids is 1. The molecule has 1 unspecified atom stereocenters. The van der Waals surface area contributed by atoms with Crippen LogP contribution in [-0.4, -0.2) is 40.0 Å². The van der Waals surface area contributed by atoms with Gasteiger partial charge >= 0.3 is 5.97 Å². The zero-order valence-electron chi connectivity index (χ0n) is 11.9. The van der Waals surface area contributed by atoms with Crippen molar-refractivity contribution in [1.29, 1.82) is 0 Å². The van der Waals surface area contributed by atoms with E-state index >= 15 is 0 Å². The van der Waals surface area contributed by atoms with Crippen molar-refractivity contribution in [1.82, 2.24) is 9.88 Å². The van der Waals surface area contributed by atoms with Crippen molar-refractivity contribution in [3.05, 3.63) is 30.1 Å². The van der Waals surface area contributed by atoms with Crippen molar-refractivity contribution in [2.24, 2.45) is 11.3 Å². The molecule has 0 aromatic carbocycles. The van der Waals surface area contributed by atoms with Gasteiger partial charge in [-0.05, 0) is 44.7 Å². The zero-order chi connectivity index (χ0) is 14.8. The van der Waals surface area contributed by atoms with Gasteiger partial charge < -0.3 is 10.0 Å². The Morgan fingerprint density at radius 1 is 1.40 bits per heavy atom. The lowest BCUT2D eigenvalue weighted by atomic mass is 9.74. The van der Waals surface area contributed by atoms with Crippen molar-refractivity contribution < 1.29 is 14.7 Å². The molecular formula is C15H20N2O3. The third kappa shape index (κ3) is 2.81. The molecule has 5 nitrogen and oxygen atoms in total. The molecule has 1 aromatic heterocycles. The Labute approximate surface area is 118 Å². The molecule has 1 aliphatic heterocycles. The predicted molar refractivity (Wildman–Crippen MR) is 74.3 cm³/mol. The molecule has 2 rings (SSSR count). The molecule has 1 aromatic rings. The first-order chi connectivity index (χ1) is 9.43. The molecule has 0 bridgehead atoms. The summed E-state index contributed by atoms with van der Waals surface area (Å²) >= 11 is 0. The van der Waals surface area contributed by atoms with E-state index in [0.717, 1.165) is 12.8 Å². The van der Waals surface area contributed by atoms with Crippen molar-refractivity contribution in [2.45, 2.75) is 26.7 Å². The van der Waals surface area contributed by atoms with Crippen LogP contribution in [0.5, 0.6) is 0 Å². The fraction of sp³-hybridized carbons (Fsp3) is 0.533. The molecule has 1 N–H and O–H groups in total. The molecular weight excluding hydrogens is 256 g/mol. The minimum Gasteiger partial charge on any atom is -0.481 e. The quantitative estimate of drug-likeness (QED) is 0.917. The maximum absolute atomic E-state index is 12.4. The summed E-state index contributed by atoms with van der Waals surface area (Å²) < 4.78 is 0. The number of carboxylic acid groups (broad SMARTS) is 1. The van der Waals surface area contributed by atoms with Crippen LogP contribution in [0.1, 0.15) is 37.2 Å². The largest absolute Gasteiger partial charge is 0.481 e. The van der Waals surface area contributed by atoms with Gasteiger partial charge in [-0.15, -0.1) is 0 Å². The number of amides is 1. The Hall–Kier alpha value is -1.91. The van der Waals surface area contributed by atoms with Gasteiger partial charge in [-0.1, -0.05) is 6.07 Å². The first kappa shape index (κ1) is 14.5. The van der Waals surface area contributed by atoms with Crippen molar-refractivity contribution in [3.63, 3.8) is 0 Å². The first-order valence-corrected chi connectivity index (χ1v) is 6.86. The number of rotatable bonds is 3. The summed E-state index contributed by atoms with van der Waals surface area (Å²) in [5, 5.41) is 9.32. The summed E-state index contributed by atoms with van der Waals surface area (Å²) in [6, 6.07) is 5.24. The van der Waals surface area contributed by atoms with Crippen LogP contribution in [0.2, 0.25) is 0 Å². The van der Waals surface area contributed by atoms with Crippen LogP contribution in [0.4, 0.5) is 0 Å². The van der Waals surface area contributed by atoms with Crippen LogP contribution in [0, 0.1) is 11.3 Å². The molecule has 0 saturated carbocycles. The number of hydrogen-bond acceptors (Lipinski definition) is 3. The zero-order valence-corrected chi connectivity index (χ0v) is 11.9. The van der Waals surface area contributed by atoms with E-state index in [2.05, 4.69) is 4.98 Å². The SMILES string of the molecule is CC(C)(C(=O)O)C1CCCN(C(=O)c2ccccn2)C1. The highest BCUT2D eigenvalue weighted by atomic mass is 16.4. The van der Waals surface area contributed by atoms with Crippen LogP contribution in [0.3, 0.4) is 0 Å². The van der Waals surface area contributed by atoms with E-state index in [-0.39, 0.29) is 11.8 Å². The predicted octanol–water partition coefficient (Wildman–Crippen LogP) is 2.04. The van der Waals surface area contributed by atoms with E-state index < -0.39 is 11.4 Å². The van der Waals surface area contributed by atoms with Gasteiger partial charge in [0.15, 0.2) is 0 Å². The summed E-state index contributed by atoms with van der Waals surface area (Å²) in [4.78, 5) is 29.5. The van der Waals surface area contributed by atoms with Gasteiger partial charge in [0.2, 0.25) is 0 Å². The lowest BCUT2D eigenvalue weighted by molar-refractivity contribution is -0.151. The molecule has 20 heavy (non-hydrogen) atoms. The van der Waals surface area contributed by atoms with E-state index in [9.17, 15) is 14.7 Å². The number of carbonyl (C=O) groups excluding carboxylic acids is 1. The Kier molecular flexibility index (Phi) is 4.06.